The number of rotatable bonds is 1. The minimum atomic E-state index is -0.772. The van der Waals surface area contributed by atoms with Gasteiger partial charge in [-0.25, -0.2) is 0 Å². The fourth-order valence-corrected chi connectivity index (χ4v) is 1.14. The largest absolute Gasteiger partial charge is 0.396 e. The van der Waals surface area contributed by atoms with Gasteiger partial charge in [-0.15, -0.1) is 12.4 Å². The molecule has 0 bridgehead atoms. The van der Waals surface area contributed by atoms with Gasteiger partial charge in [-0.3, -0.25) is 0 Å². The summed E-state index contributed by atoms with van der Waals surface area (Å²) in [6, 6.07) is 0. The number of nitrogens with one attached hydrogen (secondary N) is 1. The zero-order valence-corrected chi connectivity index (χ0v) is 6.92. The molecule has 1 aliphatic heterocycles. The predicted octanol–water partition coefficient (Wildman–Crippen LogP) is -1.66. The molecule has 0 saturated carbocycles. The third kappa shape index (κ3) is 2.57. The van der Waals surface area contributed by atoms with E-state index in [4.69, 9.17) is 10.2 Å². The summed E-state index contributed by atoms with van der Waals surface area (Å²) in [6.45, 7) is 0.914. The van der Waals surface area contributed by atoms with Crippen LogP contribution >= 0.6 is 12.4 Å². The highest BCUT2D eigenvalue weighted by Gasteiger charge is 2.29. The van der Waals surface area contributed by atoms with E-state index in [2.05, 4.69) is 5.32 Å². The lowest BCUT2D eigenvalue weighted by atomic mass is 9.95. The first-order valence-corrected chi connectivity index (χ1v) is 3.43. The number of hydrogen-bond acceptors (Lipinski definition) is 4. The van der Waals surface area contributed by atoms with E-state index in [1.54, 1.807) is 0 Å². The molecule has 1 heterocycles. The molecule has 0 radical (unpaired) electrons. The van der Waals surface area contributed by atoms with Crippen molar-refractivity contribution in [2.75, 3.05) is 19.7 Å². The highest BCUT2D eigenvalue weighted by molar-refractivity contribution is 5.85. The lowest BCUT2D eigenvalue weighted by Gasteiger charge is -2.30. The van der Waals surface area contributed by atoms with Crippen molar-refractivity contribution in [3.8, 4) is 0 Å². The Hall–Kier alpha value is 0.130. The van der Waals surface area contributed by atoms with Crippen LogP contribution in [0.1, 0.15) is 0 Å². The molecule has 5 heteroatoms. The number of hydrogen-bond donors (Lipinski definition) is 4. The maximum Gasteiger partial charge on any atom is 0.0927 e. The summed E-state index contributed by atoms with van der Waals surface area (Å²) < 4.78 is 0. The van der Waals surface area contributed by atoms with Crippen molar-refractivity contribution in [2.45, 2.75) is 12.2 Å². The van der Waals surface area contributed by atoms with Gasteiger partial charge in [0, 0.05) is 25.6 Å². The molecule has 4 nitrogen and oxygen atoms in total. The van der Waals surface area contributed by atoms with Gasteiger partial charge in [0.1, 0.15) is 0 Å². The first-order valence-electron chi connectivity index (χ1n) is 3.43. The molecular formula is C6H14ClNO3. The fraction of sp³-hybridized carbons (Fsp3) is 1.00. The molecule has 11 heavy (non-hydrogen) atoms. The van der Waals surface area contributed by atoms with Gasteiger partial charge >= 0.3 is 0 Å². The molecule has 1 saturated heterocycles. The number of piperidine rings is 1. The zero-order chi connectivity index (χ0) is 7.56. The average Bonchev–Trinajstić information content (AvgIpc) is 1.95. The molecular weight excluding hydrogens is 170 g/mol. The molecule has 1 fully saturated rings. The second-order valence-corrected chi connectivity index (χ2v) is 2.66. The maximum absolute atomic E-state index is 9.19. The Bertz CT molecular complexity index is 114. The molecule has 1 aliphatic rings. The molecule has 3 atom stereocenters. The lowest BCUT2D eigenvalue weighted by molar-refractivity contribution is -0.0490. The van der Waals surface area contributed by atoms with Crippen LogP contribution in [0, 0.1) is 5.92 Å². The fourth-order valence-electron chi connectivity index (χ4n) is 1.14. The van der Waals surface area contributed by atoms with Crippen LogP contribution in [0.4, 0.5) is 0 Å². The summed E-state index contributed by atoms with van der Waals surface area (Å²) in [5, 5.41) is 29.8. The van der Waals surface area contributed by atoms with Crippen LogP contribution < -0.4 is 5.32 Å². The monoisotopic (exact) mass is 183 g/mol. The topological polar surface area (TPSA) is 72.7 Å². The molecule has 0 amide bonds. The number of β-amino-alcohol motifs (C(OH)–C–C–N with tert-alkyl or cyclic N) is 1. The van der Waals surface area contributed by atoms with Crippen molar-refractivity contribution in [1.29, 1.82) is 0 Å². The van der Waals surface area contributed by atoms with Crippen LogP contribution in [0.25, 0.3) is 0 Å². The van der Waals surface area contributed by atoms with Crippen molar-refractivity contribution in [2.24, 2.45) is 5.92 Å². The Balaban J connectivity index is 0.000001000. The molecule has 68 valence electrons. The number of aliphatic hydroxyl groups excluding tert-OH is 3. The smallest absolute Gasteiger partial charge is 0.0927 e. The molecule has 0 unspecified atom stereocenters. The average molecular weight is 184 g/mol. The van der Waals surface area contributed by atoms with Crippen LogP contribution in [0.3, 0.4) is 0 Å². The van der Waals surface area contributed by atoms with Gasteiger partial charge < -0.3 is 20.6 Å². The normalized spacial score (nSPS) is 37.9. The summed E-state index contributed by atoms with van der Waals surface area (Å²) >= 11 is 0. The number of aliphatic hydroxyl groups is 3. The van der Waals surface area contributed by atoms with E-state index in [1.807, 2.05) is 0 Å². The van der Waals surface area contributed by atoms with Crippen molar-refractivity contribution in [3.05, 3.63) is 0 Å². The van der Waals surface area contributed by atoms with Gasteiger partial charge in [0.15, 0.2) is 0 Å². The predicted molar refractivity (Wildman–Crippen MR) is 42.7 cm³/mol. The van der Waals surface area contributed by atoms with Gasteiger partial charge in [0.2, 0.25) is 0 Å². The van der Waals surface area contributed by atoms with Crippen LogP contribution in [-0.4, -0.2) is 47.2 Å². The first kappa shape index (κ1) is 11.1. The summed E-state index contributed by atoms with van der Waals surface area (Å²) in [4.78, 5) is 0. The third-order valence-corrected chi connectivity index (χ3v) is 1.87. The quantitative estimate of drug-likeness (QED) is 0.393. The Morgan fingerprint density at radius 2 is 1.91 bits per heavy atom. The van der Waals surface area contributed by atoms with E-state index >= 15 is 0 Å². The van der Waals surface area contributed by atoms with Gasteiger partial charge in [-0.1, -0.05) is 0 Å². The Labute approximate surface area is 71.6 Å². The van der Waals surface area contributed by atoms with Gasteiger partial charge in [-0.2, -0.15) is 0 Å². The van der Waals surface area contributed by atoms with E-state index in [0.717, 1.165) is 0 Å². The maximum atomic E-state index is 9.19. The third-order valence-electron chi connectivity index (χ3n) is 1.87. The van der Waals surface area contributed by atoms with Gasteiger partial charge in [0.05, 0.1) is 12.2 Å². The molecule has 4 N–H and O–H groups in total. The van der Waals surface area contributed by atoms with E-state index < -0.39 is 12.2 Å². The molecule has 1 rings (SSSR count). The minimum Gasteiger partial charge on any atom is -0.396 e. The lowest BCUT2D eigenvalue weighted by Crippen LogP contribution is -2.51. The van der Waals surface area contributed by atoms with Crippen LogP contribution in [0.5, 0.6) is 0 Å². The molecule has 0 spiro atoms. The van der Waals surface area contributed by atoms with Crippen LogP contribution in [0.15, 0.2) is 0 Å². The van der Waals surface area contributed by atoms with E-state index in [0.29, 0.717) is 13.1 Å². The summed E-state index contributed by atoms with van der Waals surface area (Å²) in [5.41, 5.74) is 0. The highest BCUT2D eigenvalue weighted by atomic mass is 35.5. The van der Waals surface area contributed by atoms with Gasteiger partial charge in [-0.05, 0) is 0 Å². The Morgan fingerprint density at radius 1 is 1.27 bits per heavy atom. The van der Waals surface area contributed by atoms with Crippen molar-refractivity contribution in [1.82, 2.24) is 5.32 Å². The second kappa shape index (κ2) is 4.90. The Kier molecular flexibility index (Phi) is 4.96. The minimum absolute atomic E-state index is 0. The zero-order valence-electron chi connectivity index (χ0n) is 6.10. The van der Waals surface area contributed by atoms with E-state index in [9.17, 15) is 5.11 Å². The van der Waals surface area contributed by atoms with Crippen molar-refractivity contribution < 1.29 is 15.3 Å². The number of halogens is 1. The van der Waals surface area contributed by atoms with Crippen LogP contribution in [-0.2, 0) is 0 Å². The van der Waals surface area contributed by atoms with E-state index in [1.165, 1.54) is 0 Å². The SMILES string of the molecule is Cl.OC[C@@H]1CNC[C@H](O)[C@H]1O. The molecule has 0 aliphatic carbocycles. The summed E-state index contributed by atoms with van der Waals surface area (Å²) in [7, 11) is 0. The first-order chi connectivity index (χ1) is 4.75. The Morgan fingerprint density at radius 3 is 2.36 bits per heavy atom. The molecule has 0 aromatic heterocycles. The van der Waals surface area contributed by atoms with Gasteiger partial charge in [0.25, 0.3) is 0 Å². The molecule has 0 aromatic carbocycles. The van der Waals surface area contributed by atoms with E-state index in [-0.39, 0.29) is 24.9 Å². The van der Waals surface area contributed by atoms with Crippen molar-refractivity contribution >= 4 is 12.4 Å². The second-order valence-electron chi connectivity index (χ2n) is 2.66. The standard InChI is InChI=1S/C6H13NO3.ClH/c8-3-4-1-7-2-5(9)6(4)10;/h4-10H,1-3H2;1H/t4-,5-,6-;/m0./s1. The molecule has 0 aromatic rings. The van der Waals surface area contributed by atoms with Crippen molar-refractivity contribution in [3.63, 3.8) is 0 Å². The summed E-state index contributed by atoms with van der Waals surface area (Å²) in [6.07, 6.45) is -1.50. The summed E-state index contributed by atoms with van der Waals surface area (Å²) in [5.74, 6) is -0.219. The highest BCUT2D eigenvalue weighted by Crippen LogP contribution is 2.10. The van der Waals surface area contributed by atoms with Crippen LogP contribution in [0.2, 0.25) is 0 Å².